The van der Waals surface area contributed by atoms with Gasteiger partial charge >= 0.3 is 0 Å². The molecule has 3 heterocycles. The SMILES string of the molecule is CC(C)CN(Cc1ccncc1)C1CN(C(=O)C2CCOC2)C1. The average Bonchev–Trinajstić information content (AvgIpc) is 3.00. The van der Waals surface area contributed by atoms with Crippen LogP contribution in [0.15, 0.2) is 24.5 Å². The summed E-state index contributed by atoms with van der Waals surface area (Å²) in [6.07, 6.45) is 4.58. The zero-order valence-corrected chi connectivity index (χ0v) is 14.1. The molecule has 126 valence electrons. The van der Waals surface area contributed by atoms with Crippen LogP contribution in [-0.4, -0.2) is 59.6 Å². The first-order chi connectivity index (χ1) is 11.1. The van der Waals surface area contributed by atoms with Crippen LogP contribution in [0.1, 0.15) is 25.8 Å². The van der Waals surface area contributed by atoms with Gasteiger partial charge in [0.15, 0.2) is 0 Å². The van der Waals surface area contributed by atoms with E-state index in [0.29, 0.717) is 18.6 Å². The third-order valence-corrected chi connectivity index (χ3v) is 4.70. The lowest BCUT2D eigenvalue weighted by molar-refractivity contribution is -0.143. The third-order valence-electron chi connectivity index (χ3n) is 4.70. The molecule has 2 aliphatic heterocycles. The monoisotopic (exact) mass is 317 g/mol. The summed E-state index contributed by atoms with van der Waals surface area (Å²) in [5.41, 5.74) is 1.29. The van der Waals surface area contributed by atoms with Gasteiger partial charge in [0.2, 0.25) is 5.91 Å². The molecule has 1 aromatic rings. The normalized spacial score (nSPS) is 21.9. The van der Waals surface area contributed by atoms with Crippen molar-refractivity contribution in [3.63, 3.8) is 0 Å². The summed E-state index contributed by atoms with van der Waals surface area (Å²) >= 11 is 0. The number of amides is 1. The number of nitrogens with zero attached hydrogens (tertiary/aromatic N) is 3. The Hall–Kier alpha value is -1.46. The number of carbonyl (C=O) groups excluding carboxylic acids is 1. The molecule has 0 aromatic carbocycles. The summed E-state index contributed by atoms with van der Waals surface area (Å²) in [5.74, 6) is 0.992. The lowest BCUT2D eigenvalue weighted by Gasteiger charge is -2.46. The lowest BCUT2D eigenvalue weighted by Crippen LogP contribution is -2.62. The lowest BCUT2D eigenvalue weighted by atomic mass is 10.00. The largest absolute Gasteiger partial charge is 0.381 e. The highest BCUT2D eigenvalue weighted by Crippen LogP contribution is 2.23. The van der Waals surface area contributed by atoms with E-state index in [2.05, 4.69) is 35.9 Å². The van der Waals surface area contributed by atoms with Crippen LogP contribution in [-0.2, 0) is 16.1 Å². The van der Waals surface area contributed by atoms with Crippen molar-refractivity contribution in [3.05, 3.63) is 30.1 Å². The fraction of sp³-hybridized carbons (Fsp3) is 0.667. The zero-order chi connectivity index (χ0) is 16.2. The van der Waals surface area contributed by atoms with Gasteiger partial charge in [-0.15, -0.1) is 0 Å². The van der Waals surface area contributed by atoms with Crippen molar-refractivity contribution < 1.29 is 9.53 Å². The Morgan fingerprint density at radius 3 is 2.74 bits per heavy atom. The number of hydrogen-bond donors (Lipinski definition) is 0. The van der Waals surface area contributed by atoms with E-state index >= 15 is 0 Å². The molecule has 0 radical (unpaired) electrons. The first-order valence-electron chi connectivity index (χ1n) is 8.63. The Labute approximate surface area is 138 Å². The van der Waals surface area contributed by atoms with Gasteiger partial charge in [0.05, 0.1) is 12.5 Å². The van der Waals surface area contributed by atoms with Crippen LogP contribution < -0.4 is 0 Å². The Morgan fingerprint density at radius 2 is 2.13 bits per heavy atom. The van der Waals surface area contributed by atoms with E-state index in [1.807, 2.05) is 17.3 Å². The summed E-state index contributed by atoms with van der Waals surface area (Å²) in [4.78, 5) is 21.0. The molecule has 0 spiro atoms. The maximum Gasteiger partial charge on any atom is 0.228 e. The highest BCUT2D eigenvalue weighted by Gasteiger charge is 2.38. The van der Waals surface area contributed by atoms with Crippen LogP contribution in [0.2, 0.25) is 0 Å². The molecule has 3 rings (SSSR count). The van der Waals surface area contributed by atoms with Crippen molar-refractivity contribution in [2.75, 3.05) is 32.8 Å². The molecule has 0 N–H and O–H groups in total. The fourth-order valence-corrected chi connectivity index (χ4v) is 3.39. The molecule has 0 bridgehead atoms. The van der Waals surface area contributed by atoms with Gasteiger partial charge in [-0.25, -0.2) is 0 Å². The topological polar surface area (TPSA) is 45.7 Å². The van der Waals surface area contributed by atoms with Crippen LogP contribution in [0.5, 0.6) is 0 Å². The average molecular weight is 317 g/mol. The number of carbonyl (C=O) groups is 1. The molecule has 23 heavy (non-hydrogen) atoms. The van der Waals surface area contributed by atoms with Crippen molar-refractivity contribution >= 4 is 5.91 Å². The van der Waals surface area contributed by atoms with Gasteiger partial charge in [-0.1, -0.05) is 13.8 Å². The van der Waals surface area contributed by atoms with Gasteiger partial charge in [-0.05, 0) is 30.0 Å². The summed E-state index contributed by atoms with van der Waals surface area (Å²) < 4.78 is 5.34. The molecular formula is C18H27N3O2. The van der Waals surface area contributed by atoms with Gasteiger partial charge in [0, 0.05) is 51.2 Å². The zero-order valence-electron chi connectivity index (χ0n) is 14.1. The fourth-order valence-electron chi connectivity index (χ4n) is 3.39. The molecule has 1 amide bonds. The minimum absolute atomic E-state index is 0.0923. The summed E-state index contributed by atoms with van der Waals surface area (Å²) in [5, 5.41) is 0. The molecule has 5 heteroatoms. The summed E-state index contributed by atoms with van der Waals surface area (Å²) in [6, 6.07) is 4.62. The summed E-state index contributed by atoms with van der Waals surface area (Å²) in [7, 11) is 0. The van der Waals surface area contributed by atoms with Crippen LogP contribution in [0.3, 0.4) is 0 Å². The van der Waals surface area contributed by atoms with E-state index in [9.17, 15) is 4.79 Å². The molecule has 0 aliphatic carbocycles. The molecule has 2 saturated heterocycles. The smallest absolute Gasteiger partial charge is 0.228 e. The molecule has 1 atom stereocenters. The number of ether oxygens (including phenoxy) is 1. The quantitative estimate of drug-likeness (QED) is 0.802. The van der Waals surface area contributed by atoms with E-state index in [0.717, 1.165) is 39.2 Å². The number of likely N-dealkylation sites (tertiary alicyclic amines) is 1. The second-order valence-electron chi connectivity index (χ2n) is 7.14. The van der Waals surface area contributed by atoms with E-state index < -0.39 is 0 Å². The summed E-state index contributed by atoms with van der Waals surface area (Å²) in [6.45, 7) is 9.53. The number of pyridine rings is 1. The molecule has 2 fully saturated rings. The van der Waals surface area contributed by atoms with E-state index in [1.165, 1.54) is 5.56 Å². The number of hydrogen-bond acceptors (Lipinski definition) is 4. The third kappa shape index (κ3) is 4.09. The Morgan fingerprint density at radius 1 is 1.39 bits per heavy atom. The van der Waals surface area contributed by atoms with Gasteiger partial charge in [-0.3, -0.25) is 14.7 Å². The number of rotatable bonds is 6. The Kier molecular flexibility index (Phi) is 5.28. The predicted octanol–water partition coefficient (Wildman–Crippen LogP) is 1.79. The minimum Gasteiger partial charge on any atom is -0.381 e. The van der Waals surface area contributed by atoms with Crippen LogP contribution >= 0.6 is 0 Å². The predicted molar refractivity (Wildman–Crippen MR) is 88.8 cm³/mol. The first-order valence-corrected chi connectivity index (χ1v) is 8.63. The molecule has 5 nitrogen and oxygen atoms in total. The molecule has 0 saturated carbocycles. The van der Waals surface area contributed by atoms with Crippen LogP contribution in [0.4, 0.5) is 0 Å². The molecule has 2 aliphatic rings. The van der Waals surface area contributed by atoms with Crippen molar-refractivity contribution in [1.29, 1.82) is 0 Å². The molecular weight excluding hydrogens is 290 g/mol. The van der Waals surface area contributed by atoms with Gasteiger partial charge in [0.25, 0.3) is 0 Å². The van der Waals surface area contributed by atoms with Gasteiger partial charge in [-0.2, -0.15) is 0 Å². The second-order valence-corrected chi connectivity index (χ2v) is 7.14. The second kappa shape index (κ2) is 7.41. The van der Waals surface area contributed by atoms with E-state index in [1.54, 1.807) is 0 Å². The van der Waals surface area contributed by atoms with Gasteiger partial charge < -0.3 is 9.64 Å². The van der Waals surface area contributed by atoms with E-state index in [4.69, 9.17) is 4.74 Å². The van der Waals surface area contributed by atoms with Crippen LogP contribution in [0, 0.1) is 11.8 Å². The van der Waals surface area contributed by atoms with Crippen molar-refractivity contribution in [2.45, 2.75) is 32.9 Å². The standard InChI is InChI=1S/C18H27N3O2/c1-14(2)9-20(10-15-3-6-19-7-4-15)17-11-21(12-17)18(22)16-5-8-23-13-16/h3-4,6-7,14,16-17H,5,8-13H2,1-2H3. The van der Waals surface area contributed by atoms with Gasteiger partial charge in [0.1, 0.15) is 0 Å². The molecule has 1 aromatic heterocycles. The van der Waals surface area contributed by atoms with E-state index in [-0.39, 0.29) is 11.8 Å². The van der Waals surface area contributed by atoms with Crippen LogP contribution in [0.25, 0.3) is 0 Å². The number of aromatic nitrogens is 1. The molecule has 1 unspecified atom stereocenters. The van der Waals surface area contributed by atoms with Crippen molar-refractivity contribution in [2.24, 2.45) is 11.8 Å². The maximum atomic E-state index is 12.4. The Bertz CT molecular complexity index is 508. The first kappa shape index (κ1) is 16.4. The highest BCUT2D eigenvalue weighted by atomic mass is 16.5. The Balaban J connectivity index is 1.55. The van der Waals surface area contributed by atoms with Crippen molar-refractivity contribution in [1.82, 2.24) is 14.8 Å². The minimum atomic E-state index is 0.0923. The maximum absolute atomic E-state index is 12.4. The highest BCUT2D eigenvalue weighted by molar-refractivity contribution is 5.80. The van der Waals surface area contributed by atoms with Crippen molar-refractivity contribution in [3.8, 4) is 0 Å².